The Hall–Kier alpha value is -2.82. The summed E-state index contributed by atoms with van der Waals surface area (Å²) in [6.07, 6.45) is 0. The van der Waals surface area contributed by atoms with Crippen LogP contribution in [0.1, 0.15) is 24.1 Å². The van der Waals surface area contributed by atoms with Crippen LogP contribution >= 0.6 is 0 Å². The molecule has 29 heavy (non-hydrogen) atoms. The first-order valence-electron chi connectivity index (χ1n) is 10.3. The van der Waals surface area contributed by atoms with Crippen LogP contribution in [0, 0.1) is 0 Å². The van der Waals surface area contributed by atoms with Crippen LogP contribution in [0.15, 0.2) is 72.8 Å². The largest absolute Gasteiger partial charge is 0.453 e. The second-order valence-electron chi connectivity index (χ2n) is 7.68. The van der Waals surface area contributed by atoms with Gasteiger partial charge < -0.3 is 14.4 Å². The van der Waals surface area contributed by atoms with E-state index in [1.807, 2.05) is 6.07 Å². The van der Waals surface area contributed by atoms with E-state index in [1.165, 1.54) is 11.1 Å². The maximum Gasteiger partial charge on any atom is 0.155 e. The van der Waals surface area contributed by atoms with Gasteiger partial charge in [0.15, 0.2) is 11.5 Å². The fourth-order valence-electron chi connectivity index (χ4n) is 4.28. The van der Waals surface area contributed by atoms with Gasteiger partial charge >= 0.3 is 0 Å². The first-order valence-corrected chi connectivity index (χ1v) is 10.3. The number of fused-ring (bicyclic) bond motifs is 2. The topological polar surface area (TPSA) is 24.9 Å². The predicted molar refractivity (Wildman–Crippen MR) is 116 cm³/mol. The lowest BCUT2D eigenvalue weighted by Crippen LogP contribution is -2.36. The van der Waals surface area contributed by atoms with Crippen molar-refractivity contribution in [2.24, 2.45) is 0 Å². The summed E-state index contributed by atoms with van der Waals surface area (Å²) in [6.45, 7) is 6.67. The molecule has 0 bridgehead atoms. The van der Waals surface area contributed by atoms with Crippen molar-refractivity contribution in [1.29, 1.82) is 0 Å². The van der Waals surface area contributed by atoms with Crippen molar-refractivity contribution in [3.05, 3.63) is 83.9 Å². The van der Waals surface area contributed by atoms with Gasteiger partial charge in [-0.2, -0.15) is 0 Å². The average molecular weight is 386 g/mol. The molecule has 0 saturated carbocycles. The van der Waals surface area contributed by atoms with E-state index in [2.05, 4.69) is 83.5 Å². The zero-order valence-electron chi connectivity index (χ0n) is 16.8. The van der Waals surface area contributed by atoms with E-state index >= 15 is 0 Å². The zero-order valence-corrected chi connectivity index (χ0v) is 16.8. The minimum absolute atomic E-state index is 0.193. The van der Waals surface area contributed by atoms with E-state index in [1.54, 1.807) is 0 Å². The minimum Gasteiger partial charge on any atom is -0.453 e. The quantitative estimate of drug-likeness (QED) is 0.589. The lowest BCUT2D eigenvalue weighted by atomic mass is 10.0. The standard InChI is InChI=1S/C25H26N2O2/c1-19(20-8-3-2-4-9-20)27-22-11-5-6-13-24(22)29-25-21(10-7-12-23(25)27)18-26-14-16-28-17-15-26/h2-13,19H,14-18H2,1H3. The Morgan fingerprint density at radius 3 is 2.38 bits per heavy atom. The molecule has 2 heterocycles. The van der Waals surface area contributed by atoms with Crippen molar-refractivity contribution < 1.29 is 9.47 Å². The smallest absolute Gasteiger partial charge is 0.155 e. The van der Waals surface area contributed by atoms with Gasteiger partial charge in [0.05, 0.1) is 30.6 Å². The number of hydrogen-bond donors (Lipinski definition) is 0. The summed E-state index contributed by atoms with van der Waals surface area (Å²) < 4.78 is 12.0. The second-order valence-corrected chi connectivity index (χ2v) is 7.68. The first kappa shape index (κ1) is 18.2. The number of para-hydroxylation sites is 3. The molecule has 0 N–H and O–H groups in total. The molecule has 4 heteroatoms. The molecule has 0 aliphatic carbocycles. The van der Waals surface area contributed by atoms with E-state index in [4.69, 9.17) is 9.47 Å². The van der Waals surface area contributed by atoms with Crippen molar-refractivity contribution in [3.63, 3.8) is 0 Å². The molecule has 4 nitrogen and oxygen atoms in total. The van der Waals surface area contributed by atoms with E-state index in [0.717, 1.165) is 55.7 Å². The Kier molecular flexibility index (Phi) is 4.96. The van der Waals surface area contributed by atoms with Gasteiger partial charge in [-0.3, -0.25) is 4.90 Å². The zero-order chi connectivity index (χ0) is 19.6. The third-order valence-electron chi connectivity index (χ3n) is 5.84. The van der Waals surface area contributed by atoms with Gasteiger partial charge in [0.2, 0.25) is 0 Å². The fourth-order valence-corrected chi connectivity index (χ4v) is 4.28. The molecule has 1 atom stereocenters. The van der Waals surface area contributed by atoms with E-state index in [-0.39, 0.29) is 6.04 Å². The van der Waals surface area contributed by atoms with Crippen LogP contribution in [0.25, 0.3) is 0 Å². The Morgan fingerprint density at radius 1 is 0.828 bits per heavy atom. The Labute approximate surface area is 172 Å². The molecule has 0 radical (unpaired) electrons. The van der Waals surface area contributed by atoms with Crippen molar-refractivity contribution in [2.45, 2.75) is 19.5 Å². The Morgan fingerprint density at radius 2 is 1.55 bits per heavy atom. The van der Waals surface area contributed by atoms with E-state index in [0.29, 0.717) is 0 Å². The van der Waals surface area contributed by atoms with E-state index < -0.39 is 0 Å². The highest BCUT2D eigenvalue weighted by atomic mass is 16.5. The normalized spacial score (nSPS) is 17.2. The van der Waals surface area contributed by atoms with Gasteiger partial charge in [-0.1, -0.05) is 54.6 Å². The lowest BCUT2D eigenvalue weighted by Gasteiger charge is -2.38. The average Bonchev–Trinajstić information content (AvgIpc) is 2.79. The molecule has 2 aliphatic rings. The Bertz CT molecular complexity index is 983. The number of benzene rings is 3. The molecule has 0 spiro atoms. The molecule has 1 saturated heterocycles. The lowest BCUT2D eigenvalue weighted by molar-refractivity contribution is 0.0339. The highest BCUT2D eigenvalue weighted by Crippen LogP contribution is 2.51. The van der Waals surface area contributed by atoms with Crippen LogP contribution < -0.4 is 9.64 Å². The van der Waals surface area contributed by atoms with Crippen molar-refractivity contribution in [3.8, 4) is 11.5 Å². The van der Waals surface area contributed by atoms with Gasteiger partial charge in [-0.25, -0.2) is 0 Å². The number of anilines is 2. The van der Waals surface area contributed by atoms with Crippen LogP contribution in [0.3, 0.4) is 0 Å². The molecule has 148 valence electrons. The third kappa shape index (κ3) is 3.50. The summed E-state index contributed by atoms with van der Waals surface area (Å²) in [5.41, 5.74) is 4.75. The highest BCUT2D eigenvalue weighted by Gasteiger charge is 2.30. The van der Waals surface area contributed by atoms with Crippen LogP contribution in [0.2, 0.25) is 0 Å². The van der Waals surface area contributed by atoms with E-state index in [9.17, 15) is 0 Å². The SMILES string of the molecule is CC(c1ccccc1)N1c2ccccc2Oc2c(CN3CCOCC3)cccc21. The Balaban J connectivity index is 1.57. The highest BCUT2D eigenvalue weighted by molar-refractivity contribution is 5.80. The van der Waals surface area contributed by atoms with Gasteiger partial charge in [0.1, 0.15) is 0 Å². The maximum atomic E-state index is 6.47. The minimum atomic E-state index is 0.193. The predicted octanol–water partition coefficient (Wildman–Crippen LogP) is 5.52. The van der Waals surface area contributed by atoms with Gasteiger partial charge in [0.25, 0.3) is 0 Å². The van der Waals surface area contributed by atoms with Gasteiger partial charge in [-0.15, -0.1) is 0 Å². The number of rotatable bonds is 4. The van der Waals surface area contributed by atoms with Crippen LogP contribution in [-0.4, -0.2) is 31.2 Å². The fraction of sp³-hybridized carbons (Fsp3) is 0.280. The van der Waals surface area contributed by atoms with Crippen molar-refractivity contribution in [1.82, 2.24) is 4.90 Å². The molecule has 0 amide bonds. The van der Waals surface area contributed by atoms with Crippen LogP contribution in [-0.2, 0) is 11.3 Å². The van der Waals surface area contributed by atoms with Crippen molar-refractivity contribution >= 4 is 11.4 Å². The summed E-state index contributed by atoms with van der Waals surface area (Å²) in [5.74, 6) is 1.89. The van der Waals surface area contributed by atoms with Gasteiger partial charge in [0, 0.05) is 25.2 Å². The van der Waals surface area contributed by atoms with Crippen LogP contribution in [0.5, 0.6) is 11.5 Å². The summed E-state index contributed by atoms with van der Waals surface area (Å²) in [5, 5.41) is 0. The molecule has 2 aliphatic heterocycles. The van der Waals surface area contributed by atoms with Crippen molar-refractivity contribution in [2.75, 3.05) is 31.2 Å². The van der Waals surface area contributed by atoms with Crippen LogP contribution in [0.4, 0.5) is 11.4 Å². The molecule has 1 fully saturated rings. The third-order valence-corrected chi connectivity index (χ3v) is 5.84. The summed E-state index contributed by atoms with van der Waals surface area (Å²) in [4.78, 5) is 4.85. The monoisotopic (exact) mass is 386 g/mol. The molecule has 0 aromatic heterocycles. The summed E-state index contributed by atoms with van der Waals surface area (Å²) in [7, 11) is 0. The number of hydrogen-bond acceptors (Lipinski definition) is 4. The number of ether oxygens (including phenoxy) is 2. The first-order chi connectivity index (χ1) is 14.3. The number of morpholine rings is 1. The molecular weight excluding hydrogens is 360 g/mol. The molecule has 1 unspecified atom stereocenters. The summed E-state index contributed by atoms with van der Waals surface area (Å²) >= 11 is 0. The number of nitrogens with zero attached hydrogens (tertiary/aromatic N) is 2. The molecule has 3 aromatic carbocycles. The maximum absolute atomic E-state index is 6.47. The second kappa shape index (κ2) is 7.90. The molecule has 5 rings (SSSR count). The molecule has 3 aromatic rings. The molecular formula is C25H26N2O2. The van der Waals surface area contributed by atoms with Gasteiger partial charge in [-0.05, 0) is 30.7 Å². The summed E-state index contributed by atoms with van der Waals surface area (Å²) in [6, 6.07) is 25.7.